The molecular formula is C12H21N5O10P2. The van der Waals surface area contributed by atoms with Crippen molar-refractivity contribution in [3.63, 3.8) is 0 Å². The average Bonchev–Trinajstić information content (AvgIpc) is 2.95. The highest BCUT2D eigenvalue weighted by atomic mass is 31.2. The zero-order valence-corrected chi connectivity index (χ0v) is 16.7. The molecule has 0 unspecified atom stereocenters. The summed E-state index contributed by atoms with van der Waals surface area (Å²) in [5, 5.41) is 0. The van der Waals surface area contributed by atoms with Gasteiger partial charge in [0.15, 0.2) is 11.2 Å². The van der Waals surface area contributed by atoms with Crippen LogP contribution < -0.4 is 11.3 Å². The predicted octanol–water partition coefficient (Wildman–Crippen LogP) is -1.40. The van der Waals surface area contributed by atoms with Crippen molar-refractivity contribution in [1.82, 2.24) is 19.5 Å². The second-order valence-electron chi connectivity index (χ2n) is 5.95. The maximum Gasteiger partial charge on any atom is 0.469 e. The van der Waals surface area contributed by atoms with Gasteiger partial charge in [-0.15, -0.1) is 0 Å². The number of anilines is 1. The molecule has 0 bridgehead atoms. The Hall–Kier alpha value is -1.67. The lowest BCUT2D eigenvalue weighted by Crippen LogP contribution is -2.23. The van der Waals surface area contributed by atoms with E-state index in [9.17, 15) is 13.9 Å². The maximum atomic E-state index is 11.8. The molecular weight excluding hydrogens is 436 g/mol. The molecule has 0 saturated carbocycles. The predicted molar refractivity (Wildman–Crippen MR) is 97.7 cm³/mol. The third-order valence-corrected chi connectivity index (χ3v) is 4.44. The van der Waals surface area contributed by atoms with Crippen LogP contribution in [0.4, 0.5) is 5.95 Å². The smallest absolute Gasteiger partial charge is 0.379 e. The quantitative estimate of drug-likeness (QED) is 0.159. The molecule has 0 spiro atoms. The molecule has 2 aromatic rings. The van der Waals surface area contributed by atoms with Crippen LogP contribution in [0, 0.1) is 5.92 Å². The summed E-state index contributed by atoms with van der Waals surface area (Å²) >= 11 is 0. The number of phosphoric acid groups is 1. The van der Waals surface area contributed by atoms with E-state index in [0.29, 0.717) is 0 Å². The number of rotatable bonds is 12. The number of fused-ring (bicyclic) bond motifs is 1. The van der Waals surface area contributed by atoms with E-state index >= 15 is 0 Å². The fourth-order valence-corrected chi connectivity index (χ4v) is 3.00. The first kappa shape index (κ1) is 23.6. The van der Waals surface area contributed by atoms with Crippen LogP contribution in [0.3, 0.4) is 0 Å². The van der Waals surface area contributed by atoms with E-state index in [0.717, 1.165) is 0 Å². The van der Waals surface area contributed by atoms with Crippen LogP contribution in [0.1, 0.15) is 0 Å². The lowest BCUT2D eigenvalue weighted by atomic mass is 10.2. The number of nitrogens with one attached hydrogen (secondary N) is 1. The third-order valence-electron chi connectivity index (χ3n) is 3.40. The van der Waals surface area contributed by atoms with Crippen molar-refractivity contribution in [1.29, 1.82) is 0 Å². The summed E-state index contributed by atoms with van der Waals surface area (Å²) in [6.07, 6.45) is 0.555. The number of phosphoric ester groups is 1. The largest absolute Gasteiger partial charge is 0.469 e. The van der Waals surface area contributed by atoms with Crippen LogP contribution in [0.2, 0.25) is 0 Å². The van der Waals surface area contributed by atoms with Gasteiger partial charge in [0, 0.05) is 12.5 Å². The Labute approximate surface area is 163 Å². The molecule has 0 aromatic carbocycles. The fraction of sp³-hybridized carbons (Fsp3) is 0.583. The van der Waals surface area contributed by atoms with E-state index in [1.807, 2.05) is 0 Å². The first-order chi connectivity index (χ1) is 13.4. The number of nitrogen functional groups attached to an aromatic ring is 1. The second kappa shape index (κ2) is 9.89. The number of hydrogen-bond acceptors (Lipinski definition) is 9. The average molecular weight is 457 g/mol. The van der Waals surface area contributed by atoms with E-state index in [1.165, 1.54) is 10.9 Å². The highest BCUT2D eigenvalue weighted by Gasteiger charge is 2.19. The molecule has 2 aromatic heterocycles. The number of H-pyrrole nitrogens is 1. The van der Waals surface area contributed by atoms with Gasteiger partial charge >= 0.3 is 15.4 Å². The number of nitrogens with zero attached hydrogens (tertiary/aromatic N) is 3. The Bertz CT molecular complexity index is 966. The van der Waals surface area contributed by atoms with Gasteiger partial charge in [-0.1, -0.05) is 0 Å². The van der Waals surface area contributed by atoms with Gasteiger partial charge in [0.25, 0.3) is 5.56 Å². The molecule has 0 fully saturated rings. The lowest BCUT2D eigenvalue weighted by molar-refractivity contribution is 0.0275. The first-order valence-corrected chi connectivity index (χ1v) is 11.4. The summed E-state index contributed by atoms with van der Waals surface area (Å²) in [5.74, 6) is -0.583. The van der Waals surface area contributed by atoms with Gasteiger partial charge in [-0.25, -0.2) is 9.55 Å². The second-order valence-corrected chi connectivity index (χ2v) is 8.78. The van der Waals surface area contributed by atoms with Crippen LogP contribution in [0.25, 0.3) is 11.2 Å². The van der Waals surface area contributed by atoms with Crippen molar-refractivity contribution in [2.45, 2.75) is 6.54 Å². The van der Waals surface area contributed by atoms with Gasteiger partial charge in [0.05, 0.1) is 32.8 Å². The summed E-state index contributed by atoms with van der Waals surface area (Å²) in [6.45, 7) is -0.489. The van der Waals surface area contributed by atoms with Gasteiger partial charge in [-0.2, -0.15) is 4.98 Å². The van der Waals surface area contributed by atoms with Crippen LogP contribution >= 0.6 is 15.4 Å². The summed E-state index contributed by atoms with van der Waals surface area (Å²) < 4.78 is 37.7. The van der Waals surface area contributed by atoms with E-state index in [4.69, 9.17) is 34.8 Å². The molecule has 164 valence electrons. The normalized spacial score (nSPS) is 13.8. The van der Waals surface area contributed by atoms with Crippen LogP contribution in [-0.4, -0.2) is 71.9 Å². The van der Waals surface area contributed by atoms with E-state index < -0.39 is 33.2 Å². The van der Waals surface area contributed by atoms with Crippen molar-refractivity contribution in [2.24, 2.45) is 5.92 Å². The topological polar surface area (TPSA) is 232 Å². The monoisotopic (exact) mass is 457 g/mol. The number of aromatic amines is 1. The Kier molecular flexibility index (Phi) is 8.05. The molecule has 0 radical (unpaired) electrons. The van der Waals surface area contributed by atoms with Crippen molar-refractivity contribution < 1.29 is 42.7 Å². The molecule has 2 rings (SSSR count). The molecule has 0 aliphatic carbocycles. The zero-order chi connectivity index (χ0) is 21.7. The van der Waals surface area contributed by atoms with E-state index in [-0.39, 0.29) is 50.1 Å². The Morgan fingerprint density at radius 3 is 2.52 bits per heavy atom. The lowest BCUT2D eigenvalue weighted by Gasteiger charge is -2.18. The molecule has 15 nitrogen and oxygen atoms in total. The van der Waals surface area contributed by atoms with E-state index in [2.05, 4.69) is 19.5 Å². The number of hydrogen-bond donors (Lipinski definition) is 6. The summed E-state index contributed by atoms with van der Waals surface area (Å²) in [5.41, 5.74) is 5.28. The standard InChI is InChI=1S/C12H21N5O10P2/c13-12-15-10-9(11(18)16-12)14-6-17(10)3-8(5-26-7-28(19,20)21)4-25-1-2-27-29(22,23)24/h6,8H,1-5,7H2,(H2,19,20,21)(H2,22,23,24)(H3,13,15,16,18)/t8-/m0/s1. The van der Waals surface area contributed by atoms with Gasteiger partial charge in [-0.3, -0.25) is 18.9 Å². The van der Waals surface area contributed by atoms with Crippen molar-refractivity contribution >= 4 is 32.5 Å². The molecule has 7 N–H and O–H groups in total. The van der Waals surface area contributed by atoms with Crippen LogP contribution in [-0.2, 0) is 29.7 Å². The number of imidazole rings is 1. The molecule has 1 atom stereocenters. The van der Waals surface area contributed by atoms with Crippen molar-refractivity contribution in [3.8, 4) is 0 Å². The molecule has 0 aliphatic rings. The highest BCUT2D eigenvalue weighted by molar-refractivity contribution is 7.51. The fourth-order valence-electron chi connectivity index (χ4n) is 2.34. The van der Waals surface area contributed by atoms with Crippen molar-refractivity contribution in [2.75, 3.05) is 38.5 Å². The Balaban J connectivity index is 2.03. The van der Waals surface area contributed by atoms with Gasteiger partial charge < -0.3 is 39.3 Å². The first-order valence-electron chi connectivity index (χ1n) is 8.05. The van der Waals surface area contributed by atoms with E-state index in [1.54, 1.807) is 0 Å². The molecule has 17 heteroatoms. The SMILES string of the molecule is Nc1nc2c(ncn2C[C@@H](COCCOP(=O)(O)O)COCP(=O)(O)O)c(=O)[nH]1. The minimum Gasteiger partial charge on any atom is -0.379 e. The minimum absolute atomic E-state index is 0.00990. The zero-order valence-electron chi connectivity index (χ0n) is 14.9. The summed E-state index contributed by atoms with van der Waals surface area (Å²) in [7, 11) is -8.97. The summed E-state index contributed by atoms with van der Waals surface area (Å²) in [6, 6.07) is 0. The number of aromatic nitrogens is 4. The number of nitrogens with two attached hydrogens (primary N) is 1. The van der Waals surface area contributed by atoms with Gasteiger partial charge in [-0.05, 0) is 0 Å². The summed E-state index contributed by atoms with van der Waals surface area (Å²) in [4.78, 5) is 57.2. The molecule has 0 aliphatic heterocycles. The Morgan fingerprint density at radius 2 is 1.86 bits per heavy atom. The molecule has 29 heavy (non-hydrogen) atoms. The van der Waals surface area contributed by atoms with Crippen molar-refractivity contribution in [3.05, 3.63) is 16.7 Å². The minimum atomic E-state index is -4.61. The molecule has 0 saturated heterocycles. The van der Waals surface area contributed by atoms with Gasteiger partial charge in [0.2, 0.25) is 5.95 Å². The Morgan fingerprint density at radius 1 is 1.17 bits per heavy atom. The molecule has 0 amide bonds. The number of ether oxygens (including phenoxy) is 2. The van der Waals surface area contributed by atoms with Gasteiger partial charge in [0.1, 0.15) is 6.35 Å². The highest BCUT2D eigenvalue weighted by Crippen LogP contribution is 2.35. The van der Waals surface area contributed by atoms with Crippen LogP contribution in [0.5, 0.6) is 0 Å². The molecule has 2 heterocycles. The third kappa shape index (κ3) is 8.30. The maximum absolute atomic E-state index is 11.8. The van der Waals surface area contributed by atoms with Crippen LogP contribution in [0.15, 0.2) is 11.1 Å².